The minimum Gasteiger partial charge on any atom is -0.478 e. The van der Waals surface area contributed by atoms with E-state index >= 15 is 0 Å². The lowest BCUT2D eigenvalue weighted by molar-refractivity contribution is -0.337. The van der Waals surface area contributed by atoms with Gasteiger partial charge in [0, 0.05) is 54.5 Å². The number of hydrogen-bond acceptors (Lipinski definition) is 21. The topological polar surface area (TPSA) is 299 Å². The molecule has 3 N–H and O–H groups in total. The van der Waals surface area contributed by atoms with E-state index < -0.39 is 146 Å². The van der Waals surface area contributed by atoms with Crippen molar-refractivity contribution >= 4 is 53.6 Å². The lowest BCUT2D eigenvalue weighted by atomic mass is 9.87. The van der Waals surface area contributed by atoms with E-state index in [-0.39, 0.29) is 6.61 Å². The van der Waals surface area contributed by atoms with Gasteiger partial charge in [-0.2, -0.15) is 0 Å². The fourth-order valence-corrected chi connectivity index (χ4v) is 6.94. The molecule has 0 bridgehead atoms. The molecule has 0 unspecified atom stereocenters. The Bertz CT molecular complexity index is 1890. The molecule has 1 saturated heterocycles. The average Bonchev–Trinajstić information content (AvgIpc) is 3.21. The molecule has 0 aliphatic carbocycles. The zero-order valence-corrected chi connectivity index (χ0v) is 36.7. The van der Waals surface area contributed by atoms with Crippen molar-refractivity contribution < 1.29 is 100 Å². The van der Waals surface area contributed by atoms with Crippen LogP contribution in [0.2, 0.25) is 0 Å². The van der Waals surface area contributed by atoms with E-state index in [0.717, 1.165) is 68.8 Å². The van der Waals surface area contributed by atoms with Crippen LogP contribution >= 0.6 is 0 Å². The van der Waals surface area contributed by atoms with Crippen molar-refractivity contribution in [2.45, 2.75) is 128 Å². The van der Waals surface area contributed by atoms with Gasteiger partial charge in [-0.15, -0.1) is 0 Å². The van der Waals surface area contributed by atoms with Gasteiger partial charge < -0.3 is 67.8 Å². The van der Waals surface area contributed by atoms with Gasteiger partial charge in [-0.05, 0) is 5.56 Å². The first-order valence-corrected chi connectivity index (χ1v) is 19.7. The zero-order chi connectivity index (χ0) is 47.9. The highest BCUT2D eigenvalue weighted by molar-refractivity contribution is 5.87. The highest BCUT2D eigenvalue weighted by Crippen LogP contribution is 2.39. The second-order valence-electron chi connectivity index (χ2n) is 14.5. The molecule has 0 aromatic heterocycles. The molecule has 64 heavy (non-hydrogen) atoms. The van der Waals surface area contributed by atoms with Gasteiger partial charge >= 0.3 is 41.8 Å². The zero-order valence-electron chi connectivity index (χ0n) is 36.7. The molecule has 11 atom stereocenters. The summed E-state index contributed by atoms with van der Waals surface area (Å²) < 4.78 is 61.9. The van der Waals surface area contributed by atoms with Crippen molar-refractivity contribution in [3.05, 3.63) is 47.7 Å². The van der Waals surface area contributed by atoms with E-state index in [0.29, 0.717) is 5.56 Å². The summed E-state index contributed by atoms with van der Waals surface area (Å²) in [5, 5.41) is 17.5. The van der Waals surface area contributed by atoms with Crippen LogP contribution in [-0.4, -0.2) is 153 Å². The van der Waals surface area contributed by atoms with Crippen LogP contribution < -0.4 is 10.6 Å². The minimum atomic E-state index is -2.88. The smallest absolute Gasteiger partial charge is 0.373 e. The maximum absolute atomic E-state index is 14.3. The molecule has 23 heteroatoms. The van der Waals surface area contributed by atoms with E-state index in [2.05, 4.69) is 10.6 Å². The molecule has 2 aliphatic heterocycles. The van der Waals surface area contributed by atoms with Gasteiger partial charge in [-0.1, -0.05) is 30.3 Å². The van der Waals surface area contributed by atoms with E-state index in [1.807, 2.05) is 0 Å². The summed E-state index contributed by atoms with van der Waals surface area (Å²) in [6, 6.07) is 5.57. The summed E-state index contributed by atoms with van der Waals surface area (Å²) >= 11 is 0. The number of esters is 7. The standard InChI is InChI=1S/C41H54N2O21/c1-20(44)42-33-28(58-23(4)47)15-29(39(52)54-8)62-37(33)35(51)31(18-56-17-27-13-11-10-12-14-27)63-41(40(53)55-9)16-30(59-24(5)48)34(43-21(2)45)38(64-41)36(61-26(7)50)32(60-25(6)49)19-57-22(3)46/h10-15,28,30-38,51H,16-19H2,1-9H3,(H,42,44)(H,43,45)/t28-,30-,31+,32+,33+,34+,35+,36+,37+,38+,41+/m0/s1. The van der Waals surface area contributed by atoms with Crippen LogP contribution in [0.4, 0.5) is 0 Å². The molecule has 3 rings (SSSR count). The Labute approximate surface area is 367 Å². The maximum atomic E-state index is 14.3. The minimum absolute atomic E-state index is 0.137. The van der Waals surface area contributed by atoms with Crippen molar-refractivity contribution in [2.24, 2.45) is 0 Å². The van der Waals surface area contributed by atoms with Gasteiger partial charge in [0.2, 0.25) is 17.6 Å². The molecule has 0 radical (unpaired) electrons. The number of methoxy groups -OCH3 is 2. The van der Waals surface area contributed by atoms with Crippen molar-refractivity contribution in [1.82, 2.24) is 10.6 Å². The first-order valence-electron chi connectivity index (χ1n) is 19.7. The number of aliphatic hydroxyl groups excluding tert-OH is 1. The van der Waals surface area contributed by atoms with Gasteiger partial charge in [0.25, 0.3) is 5.79 Å². The molecule has 23 nitrogen and oxygen atoms in total. The highest BCUT2D eigenvalue weighted by Gasteiger charge is 2.61. The van der Waals surface area contributed by atoms with Crippen LogP contribution in [-0.2, 0) is 102 Å². The molecular formula is C41H54N2O21. The number of aliphatic hydroxyl groups is 1. The van der Waals surface area contributed by atoms with Crippen LogP contribution in [0.1, 0.15) is 60.5 Å². The number of carbonyl (C=O) groups excluding carboxylic acids is 9. The highest BCUT2D eigenvalue weighted by atomic mass is 16.8. The van der Waals surface area contributed by atoms with Gasteiger partial charge in [0.15, 0.2) is 18.3 Å². The average molecular weight is 911 g/mol. The molecule has 354 valence electrons. The van der Waals surface area contributed by atoms with Gasteiger partial charge in [-0.25, -0.2) is 9.59 Å². The Morgan fingerprint density at radius 3 is 1.88 bits per heavy atom. The van der Waals surface area contributed by atoms with Crippen LogP contribution in [0.5, 0.6) is 0 Å². The van der Waals surface area contributed by atoms with Gasteiger partial charge in [0.05, 0.1) is 39.9 Å². The molecule has 0 spiro atoms. The summed E-state index contributed by atoms with van der Waals surface area (Å²) in [6.45, 7) is 5.63. The molecule has 1 aromatic rings. The van der Waals surface area contributed by atoms with Crippen LogP contribution in [0, 0.1) is 0 Å². The number of rotatable bonds is 20. The molecule has 1 aromatic carbocycles. The molecule has 2 heterocycles. The second kappa shape index (κ2) is 24.0. The van der Waals surface area contributed by atoms with Crippen LogP contribution in [0.15, 0.2) is 42.2 Å². The first kappa shape index (κ1) is 52.2. The van der Waals surface area contributed by atoms with Crippen molar-refractivity contribution in [1.29, 1.82) is 0 Å². The normalized spacial score (nSPS) is 24.6. The van der Waals surface area contributed by atoms with Gasteiger partial charge in [0.1, 0.15) is 43.2 Å². The van der Waals surface area contributed by atoms with E-state index in [4.69, 9.17) is 52.1 Å². The van der Waals surface area contributed by atoms with Crippen molar-refractivity contribution in [3.63, 3.8) is 0 Å². The number of nitrogens with one attached hydrogen (secondary N) is 2. The van der Waals surface area contributed by atoms with Crippen molar-refractivity contribution in [2.75, 3.05) is 27.4 Å². The quantitative estimate of drug-likeness (QED) is 0.108. The Kier molecular flexibility index (Phi) is 19.6. The Morgan fingerprint density at radius 2 is 1.34 bits per heavy atom. The Balaban J connectivity index is 2.35. The SMILES string of the molecule is COC(=O)C1=C[C@H](OC(C)=O)[C@@H](NC(C)=O)[C@H]([C@H](O)[C@@H](COCc2ccccc2)O[C@]2(C(=O)OC)C[C@H](OC(C)=O)[C@@H](NC(C)=O)[C@H]([C@H](OC(C)=O)[C@@H](COC(C)=O)OC(C)=O)O2)O1. The summed E-state index contributed by atoms with van der Waals surface area (Å²) in [5.74, 6) is -12.1. The maximum Gasteiger partial charge on any atom is 0.373 e. The lowest BCUT2D eigenvalue weighted by Crippen LogP contribution is -2.70. The van der Waals surface area contributed by atoms with Crippen LogP contribution in [0.25, 0.3) is 0 Å². The number of hydrogen-bond donors (Lipinski definition) is 3. The second-order valence-corrected chi connectivity index (χ2v) is 14.5. The molecule has 2 aliphatic rings. The van der Waals surface area contributed by atoms with Gasteiger partial charge in [-0.3, -0.25) is 33.6 Å². The monoisotopic (exact) mass is 910 g/mol. The molecule has 0 saturated carbocycles. The van der Waals surface area contributed by atoms with E-state index in [1.165, 1.54) is 0 Å². The third-order valence-electron chi connectivity index (χ3n) is 9.29. The van der Waals surface area contributed by atoms with Crippen LogP contribution in [0.3, 0.4) is 0 Å². The number of ether oxygens (including phenoxy) is 11. The number of amides is 2. The summed E-state index contributed by atoms with van der Waals surface area (Å²) in [5.41, 5.74) is 0.630. The Hall–Kier alpha value is -6.17. The first-order chi connectivity index (χ1) is 30.1. The third-order valence-corrected chi connectivity index (χ3v) is 9.29. The molecule has 2 amide bonds. The number of carbonyl (C=O) groups is 9. The third kappa shape index (κ3) is 15.0. The summed E-state index contributed by atoms with van der Waals surface area (Å²) in [4.78, 5) is 115. The predicted molar refractivity (Wildman–Crippen MR) is 210 cm³/mol. The molecule has 1 fully saturated rings. The fraction of sp³-hybridized carbons (Fsp3) is 0.585. The van der Waals surface area contributed by atoms with E-state index in [1.54, 1.807) is 30.3 Å². The predicted octanol–water partition coefficient (Wildman–Crippen LogP) is -0.637. The van der Waals surface area contributed by atoms with E-state index in [9.17, 15) is 48.3 Å². The Morgan fingerprint density at radius 1 is 0.734 bits per heavy atom. The largest absolute Gasteiger partial charge is 0.478 e. The summed E-state index contributed by atoms with van der Waals surface area (Å²) in [7, 11) is 1.94. The molecular weight excluding hydrogens is 856 g/mol. The lowest BCUT2D eigenvalue weighted by Gasteiger charge is -2.50. The summed E-state index contributed by atoms with van der Waals surface area (Å²) in [6.07, 6.45) is -14.3. The van der Waals surface area contributed by atoms with Crippen molar-refractivity contribution in [3.8, 4) is 0 Å². The fourth-order valence-electron chi connectivity index (χ4n) is 6.94. The number of benzene rings is 1.